The molecule has 182 valence electrons. The SMILES string of the molecule is COc1ccc(-c2ccc(/C=N\NC(=O)C(NC(=O)c3ccc(Cl)cc3)C(C)C)o2)c([N+](=O)[O-])c1. The molecular weight excluding hydrogens is 476 g/mol. The second-order valence-corrected chi connectivity index (χ2v) is 8.21. The molecular formula is C24H23ClN4O6. The van der Waals surface area contributed by atoms with Gasteiger partial charge < -0.3 is 14.5 Å². The lowest BCUT2D eigenvalue weighted by Crippen LogP contribution is -2.48. The maximum Gasteiger partial charge on any atom is 0.284 e. The number of hydrogen-bond acceptors (Lipinski definition) is 7. The molecule has 1 heterocycles. The van der Waals surface area contributed by atoms with E-state index < -0.39 is 22.8 Å². The third-order valence-electron chi connectivity index (χ3n) is 5.00. The highest BCUT2D eigenvalue weighted by atomic mass is 35.5. The van der Waals surface area contributed by atoms with Gasteiger partial charge in [-0.2, -0.15) is 5.10 Å². The summed E-state index contributed by atoms with van der Waals surface area (Å²) in [5.41, 5.74) is 2.84. The Balaban J connectivity index is 1.67. The summed E-state index contributed by atoms with van der Waals surface area (Å²) in [5, 5.41) is 18.5. The van der Waals surface area contributed by atoms with Gasteiger partial charge in [-0.05, 0) is 54.4 Å². The van der Waals surface area contributed by atoms with E-state index in [4.69, 9.17) is 20.8 Å². The van der Waals surface area contributed by atoms with Gasteiger partial charge in [0.05, 0.1) is 29.9 Å². The van der Waals surface area contributed by atoms with Crippen molar-refractivity contribution in [1.29, 1.82) is 0 Å². The number of amides is 2. The molecule has 2 N–H and O–H groups in total. The molecule has 0 saturated heterocycles. The molecule has 1 unspecified atom stereocenters. The van der Waals surface area contributed by atoms with Crippen molar-refractivity contribution < 1.29 is 23.7 Å². The van der Waals surface area contributed by atoms with Crippen LogP contribution >= 0.6 is 11.6 Å². The van der Waals surface area contributed by atoms with Gasteiger partial charge in [0.15, 0.2) is 0 Å². The fourth-order valence-electron chi connectivity index (χ4n) is 3.15. The number of benzene rings is 2. The number of methoxy groups -OCH3 is 1. The monoisotopic (exact) mass is 498 g/mol. The number of hydrazone groups is 1. The number of nitro groups is 1. The van der Waals surface area contributed by atoms with E-state index in [1.807, 2.05) is 0 Å². The van der Waals surface area contributed by atoms with Gasteiger partial charge in [-0.3, -0.25) is 19.7 Å². The molecule has 3 aromatic rings. The Morgan fingerprint density at radius 3 is 2.49 bits per heavy atom. The second-order valence-electron chi connectivity index (χ2n) is 7.78. The number of nitro benzene ring substituents is 1. The highest BCUT2D eigenvalue weighted by Gasteiger charge is 2.24. The Labute approximate surface area is 206 Å². The third-order valence-corrected chi connectivity index (χ3v) is 5.25. The Morgan fingerprint density at radius 1 is 1.14 bits per heavy atom. The molecule has 3 rings (SSSR count). The average molecular weight is 499 g/mol. The number of carbonyl (C=O) groups is 2. The number of carbonyl (C=O) groups excluding carboxylic acids is 2. The number of ether oxygens (including phenoxy) is 1. The van der Waals surface area contributed by atoms with E-state index in [2.05, 4.69) is 15.8 Å². The van der Waals surface area contributed by atoms with Gasteiger partial charge in [0.1, 0.15) is 23.3 Å². The van der Waals surface area contributed by atoms with E-state index in [-0.39, 0.29) is 28.7 Å². The van der Waals surface area contributed by atoms with Crippen molar-refractivity contribution in [2.75, 3.05) is 7.11 Å². The fraction of sp³-hybridized carbons (Fsp3) is 0.208. The molecule has 2 amide bonds. The summed E-state index contributed by atoms with van der Waals surface area (Å²) >= 11 is 5.85. The summed E-state index contributed by atoms with van der Waals surface area (Å²) in [6.45, 7) is 3.58. The van der Waals surface area contributed by atoms with E-state index in [1.165, 1.54) is 25.5 Å². The first-order valence-electron chi connectivity index (χ1n) is 10.5. The number of nitrogens with zero attached hydrogens (tertiary/aromatic N) is 2. The molecule has 1 aromatic heterocycles. The Morgan fingerprint density at radius 2 is 1.86 bits per heavy atom. The van der Waals surface area contributed by atoms with E-state index in [1.54, 1.807) is 56.3 Å². The predicted octanol–water partition coefficient (Wildman–Crippen LogP) is 4.42. The molecule has 11 heteroatoms. The molecule has 1 atom stereocenters. The zero-order valence-electron chi connectivity index (χ0n) is 19.2. The van der Waals surface area contributed by atoms with Gasteiger partial charge in [0, 0.05) is 10.6 Å². The van der Waals surface area contributed by atoms with Crippen molar-refractivity contribution in [1.82, 2.24) is 10.7 Å². The van der Waals surface area contributed by atoms with Crippen LogP contribution in [0.5, 0.6) is 5.75 Å². The molecule has 0 aliphatic carbocycles. The number of halogens is 1. The lowest BCUT2D eigenvalue weighted by molar-refractivity contribution is -0.384. The van der Waals surface area contributed by atoms with Gasteiger partial charge in [-0.25, -0.2) is 5.43 Å². The quantitative estimate of drug-likeness (QED) is 0.254. The summed E-state index contributed by atoms with van der Waals surface area (Å²) in [5.74, 6) is -0.293. The van der Waals surface area contributed by atoms with Crippen LogP contribution in [0.1, 0.15) is 30.0 Å². The Bertz CT molecular complexity index is 1250. The van der Waals surface area contributed by atoms with Crippen LogP contribution in [0.15, 0.2) is 64.1 Å². The topological polar surface area (TPSA) is 136 Å². The largest absolute Gasteiger partial charge is 0.497 e. The molecule has 0 saturated carbocycles. The number of furan rings is 1. The number of nitrogens with one attached hydrogen (secondary N) is 2. The normalized spacial score (nSPS) is 11.9. The van der Waals surface area contributed by atoms with Crippen molar-refractivity contribution in [2.45, 2.75) is 19.9 Å². The fourth-order valence-corrected chi connectivity index (χ4v) is 3.28. The highest BCUT2D eigenvalue weighted by Crippen LogP contribution is 2.33. The summed E-state index contributed by atoms with van der Waals surface area (Å²) in [6, 6.07) is 13.0. The molecule has 0 spiro atoms. The van der Waals surface area contributed by atoms with Crippen molar-refractivity contribution >= 4 is 35.3 Å². The third kappa shape index (κ3) is 6.45. The van der Waals surface area contributed by atoms with Crippen molar-refractivity contribution in [3.05, 3.63) is 81.1 Å². The minimum atomic E-state index is -0.843. The van der Waals surface area contributed by atoms with Gasteiger partial charge in [0.2, 0.25) is 0 Å². The lowest BCUT2D eigenvalue weighted by atomic mass is 10.0. The molecule has 0 fully saturated rings. The molecule has 0 radical (unpaired) electrons. The van der Waals surface area contributed by atoms with Crippen LogP contribution in [0.3, 0.4) is 0 Å². The van der Waals surface area contributed by atoms with Gasteiger partial charge in [0.25, 0.3) is 17.5 Å². The van der Waals surface area contributed by atoms with Crippen LogP contribution in [0.4, 0.5) is 5.69 Å². The smallest absolute Gasteiger partial charge is 0.284 e. The van der Waals surface area contributed by atoms with E-state index in [0.717, 1.165) is 0 Å². The summed E-state index contributed by atoms with van der Waals surface area (Å²) in [6.07, 6.45) is 1.26. The molecule has 35 heavy (non-hydrogen) atoms. The van der Waals surface area contributed by atoms with Crippen molar-refractivity contribution in [2.24, 2.45) is 11.0 Å². The van der Waals surface area contributed by atoms with Crippen LogP contribution in [-0.2, 0) is 4.79 Å². The standard InChI is InChI=1S/C24H23ClN4O6/c1-14(2)22(27-23(30)15-4-6-16(25)7-5-15)24(31)28-26-13-18-9-11-21(35-18)19-10-8-17(34-3)12-20(19)29(32)33/h4-14,22H,1-3H3,(H,27,30)(H,28,31)/b26-13-. The first-order valence-corrected chi connectivity index (χ1v) is 10.9. The molecule has 0 aliphatic heterocycles. The Kier molecular flexibility index (Phi) is 8.21. The Hall–Kier alpha value is -4.18. The molecule has 2 aromatic carbocycles. The van der Waals surface area contributed by atoms with Crippen LogP contribution in [0.25, 0.3) is 11.3 Å². The van der Waals surface area contributed by atoms with E-state index in [0.29, 0.717) is 16.3 Å². The highest BCUT2D eigenvalue weighted by molar-refractivity contribution is 6.30. The number of rotatable bonds is 9. The summed E-state index contributed by atoms with van der Waals surface area (Å²) in [7, 11) is 1.42. The first-order chi connectivity index (χ1) is 16.7. The maximum atomic E-state index is 12.6. The van der Waals surface area contributed by atoms with Crippen molar-refractivity contribution in [3.63, 3.8) is 0 Å². The minimum absolute atomic E-state index is 0.174. The zero-order valence-corrected chi connectivity index (χ0v) is 19.9. The van der Waals surface area contributed by atoms with Crippen LogP contribution in [0, 0.1) is 16.0 Å². The van der Waals surface area contributed by atoms with Gasteiger partial charge in [-0.1, -0.05) is 25.4 Å². The molecule has 0 bridgehead atoms. The first kappa shape index (κ1) is 25.4. The van der Waals surface area contributed by atoms with Crippen LogP contribution in [-0.4, -0.2) is 36.1 Å². The van der Waals surface area contributed by atoms with E-state index >= 15 is 0 Å². The van der Waals surface area contributed by atoms with E-state index in [9.17, 15) is 19.7 Å². The summed E-state index contributed by atoms with van der Waals surface area (Å²) < 4.78 is 10.7. The van der Waals surface area contributed by atoms with Crippen molar-refractivity contribution in [3.8, 4) is 17.1 Å². The molecule has 0 aliphatic rings. The van der Waals surface area contributed by atoms with Crippen LogP contribution < -0.4 is 15.5 Å². The average Bonchev–Trinajstić information content (AvgIpc) is 3.30. The van der Waals surface area contributed by atoms with Gasteiger partial charge >= 0.3 is 0 Å². The summed E-state index contributed by atoms with van der Waals surface area (Å²) in [4.78, 5) is 36.0. The maximum absolute atomic E-state index is 12.6. The second kappa shape index (κ2) is 11.3. The lowest BCUT2D eigenvalue weighted by Gasteiger charge is -2.20. The zero-order chi connectivity index (χ0) is 25.5. The molecule has 10 nitrogen and oxygen atoms in total. The minimum Gasteiger partial charge on any atom is -0.497 e. The number of hydrogen-bond donors (Lipinski definition) is 2. The predicted molar refractivity (Wildman–Crippen MR) is 131 cm³/mol. The van der Waals surface area contributed by atoms with Crippen LogP contribution in [0.2, 0.25) is 5.02 Å². The van der Waals surface area contributed by atoms with Gasteiger partial charge in [-0.15, -0.1) is 0 Å².